The van der Waals surface area contributed by atoms with Gasteiger partial charge in [-0.25, -0.2) is 0 Å². The molecule has 0 aromatic heterocycles. The highest BCUT2D eigenvalue weighted by atomic mass is 127. The predicted molar refractivity (Wildman–Crippen MR) is 75.2 cm³/mol. The van der Waals surface area contributed by atoms with Crippen molar-refractivity contribution in [1.82, 2.24) is 10.2 Å². The van der Waals surface area contributed by atoms with E-state index in [0.717, 1.165) is 9.13 Å². The van der Waals surface area contributed by atoms with E-state index in [2.05, 4.69) is 22.6 Å². The lowest BCUT2D eigenvalue weighted by molar-refractivity contribution is -0.136. The van der Waals surface area contributed by atoms with Gasteiger partial charge in [-0.05, 0) is 46.7 Å². The molecule has 5 nitrogen and oxygen atoms in total. The first-order valence-corrected chi connectivity index (χ1v) is 7.02. The minimum Gasteiger partial charge on any atom is -0.322 e. The molecule has 1 unspecified atom stereocenters. The van der Waals surface area contributed by atoms with Crippen molar-refractivity contribution in [2.24, 2.45) is 0 Å². The Morgan fingerprint density at radius 3 is 2.89 bits per heavy atom. The molecule has 2 aliphatic heterocycles. The van der Waals surface area contributed by atoms with E-state index in [9.17, 15) is 14.4 Å². The van der Waals surface area contributed by atoms with E-state index in [0.29, 0.717) is 23.8 Å². The molecule has 1 aromatic rings. The van der Waals surface area contributed by atoms with Gasteiger partial charge in [-0.2, -0.15) is 0 Å². The van der Waals surface area contributed by atoms with Gasteiger partial charge in [0.1, 0.15) is 6.04 Å². The van der Waals surface area contributed by atoms with Crippen molar-refractivity contribution in [3.8, 4) is 0 Å². The molecule has 6 heteroatoms. The molecule has 19 heavy (non-hydrogen) atoms. The molecule has 98 valence electrons. The second kappa shape index (κ2) is 4.59. The molecular weight excluding hydrogens is 359 g/mol. The minimum atomic E-state index is -0.708. The predicted octanol–water partition coefficient (Wildman–Crippen LogP) is 1.05. The number of hydrogen-bond acceptors (Lipinski definition) is 3. The molecule has 1 fully saturated rings. The van der Waals surface area contributed by atoms with Crippen molar-refractivity contribution in [2.45, 2.75) is 25.4 Å². The van der Waals surface area contributed by atoms with E-state index in [1.165, 1.54) is 4.90 Å². The largest absolute Gasteiger partial charge is 0.322 e. The number of rotatable bonds is 1. The van der Waals surface area contributed by atoms with Crippen LogP contribution in [0.2, 0.25) is 1.41 Å². The van der Waals surface area contributed by atoms with Gasteiger partial charge in [0.25, 0.3) is 5.91 Å². The number of halogens is 1. The molecule has 1 aromatic carbocycles. The molecule has 0 spiro atoms. The normalized spacial score (nSPS) is 23.7. The number of nitrogens with one attached hydrogen (secondary N) is 1. The number of piperidine rings is 1. The topological polar surface area (TPSA) is 66.5 Å². The monoisotopic (exact) mass is 371 g/mol. The van der Waals surface area contributed by atoms with E-state index in [-0.39, 0.29) is 12.3 Å². The zero-order valence-electron chi connectivity index (χ0n) is 10.9. The molecule has 0 aliphatic carbocycles. The molecular formula is C13H11IN2O3. The van der Waals surface area contributed by atoms with Crippen molar-refractivity contribution in [3.63, 3.8) is 0 Å². The number of fused-ring (bicyclic) bond motifs is 1. The average molecular weight is 371 g/mol. The lowest BCUT2D eigenvalue weighted by Gasteiger charge is -2.29. The lowest BCUT2D eigenvalue weighted by Crippen LogP contribution is -2.52. The zero-order valence-corrected chi connectivity index (χ0v) is 12.1. The zero-order chi connectivity index (χ0) is 14.4. The van der Waals surface area contributed by atoms with E-state index >= 15 is 0 Å². The number of benzene rings is 1. The maximum absolute atomic E-state index is 12.4. The fourth-order valence-electron chi connectivity index (χ4n) is 2.49. The van der Waals surface area contributed by atoms with Gasteiger partial charge in [0.15, 0.2) is 1.41 Å². The maximum Gasteiger partial charge on any atom is 0.255 e. The Morgan fingerprint density at radius 2 is 2.16 bits per heavy atom. The van der Waals surface area contributed by atoms with Crippen molar-refractivity contribution in [2.75, 3.05) is 0 Å². The van der Waals surface area contributed by atoms with Crippen molar-refractivity contribution >= 4 is 40.3 Å². The number of amides is 3. The number of nitrogens with zero attached hydrogens (tertiary/aromatic N) is 1. The summed E-state index contributed by atoms with van der Waals surface area (Å²) in [4.78, 5) is 37.2. The van der Waals surface area contributed by atoms with Crippen LogP contribution in [0.15, 0.2) is 18.2 Å². The highest BCUT2D eigenvalue weighted by Gasteiger charge is 2.39. The van der Waals surface area contributed by atoms with Crippen LogP contribution in [0.1, 0.15) is 28.8 Å². The molecule has 1 saturated heterocycles. The highest BCUT2D eigenvalue weighted by molar-refractivity contribution is 14.1. The Kier molecular flexibility index (Phi) is 2.75. The van der Waals surface area contributed by atoms with Crippen LogP contribution in [0.25, 0.3) is 0 Å². The summed E-state index contributed by atoms with van der Waals surface area (Å²) in [6.45, 7) is 0.367. The smallest absolute Gasteiger partial charge is 0.255 e. The van der Waals surface area contributed by atoms with E-state index in [1.54, 1.807) is 6.07 Å². The summed E-state index contributed by atoms with van der Waals surface area (Å²) in [7, 11) is 0. The summed E-state index contributed by atoms with van der Waals surface area (Å²) in [5, 5.41) is 0.384. The third kappa shape index (κ3) is 2.03. The maximum atomic E-state index is 12.4. The minimum absolute atomic E-state index is 0.122. The van der Waals surface area contributed by atoms with Crippen molar-refractivity contribution in [1.29, 1.82) is 0 Å². The highest BCUT2D eigenvalue weighted by Crippen LogP contribution is 2.30. The number of carbonyl (C=O) groups excluding carboxylic acids is 3. The molecule has 1 N–H and O–H groups in total. The molecule has 1 atom stereocenters. The van der Waals surface area contributed by atoms with Crippen LogP contribution in [0.4, 0.5) is 0 Å². The van der Waals surface area contributed by atoms with Crippen LogP contribution in [-0.4, -0.2) is 28.7 Å². The second-order valence-electron chi connectivity index (χ2n) is 4.60. The first-order valence-electron chi connectivity index (χ1n) is 6.39. The van der Waals surface area contributed by atoms with Crippen molar-refractivity contribution < 1.29 is 15.8 Å². The van der Waals surface area contributed by atoms with Crippen LogP contribution in [0.5, 0.6) is 0 Å². The number of carbonyl (C=O) groups is 3. The van der Waals surface area contributed by atoms with Gasteiger partial charge in [-0.15, -0.1) is 0 Å². The Bertz CT molecular complexity index is 634. The van der Waals surface area contributed by atoms with Crippen LogP contribution in [0.3, 0.4) is 0 Å². The van der Waals surface area contributed by atoms with E-state index in [4.69, 9.17) is 1.41 Å². The first-order chi connectivity index (χ1) is 9.50. The average Bonchev–Trinajstić information content (AvgIpc) is 2.76. The second-order valence-corrected chi connectivity index (χ2v) is 5.76. The van der Waals surface area contributed by atoms with Crippen molar-refractivity contribution in [3.05, 3.63) is 32.9 Å². The fourth-order valence-corrected chi connectivity index (χ4v) is 3.16. The standard InChI is InChI=1S/C13H11IN2O3/c14-9-3-1-2-7-8(9)6-16(13(7)19)10-4-5-11(17)15-12(10)18/h1-3,10H,4-6H2,(H,15,17,18)/i/hD. The molecule has 3 amide bonds. The Morgan fingerprint density at radius 1 is 1.37 bits per heavy atom. The molecule has 0 radical (unpaired) electrons. The first kappa shape index (κ1) is 11.4. The number of imide groups is 1. The summed E-state index contributed by atoms with van der Waals surface area (Å²) in [6.07, 6.45) is 0.417. The van der Waals surface area contributed by atoms with Gasteiger partial charge >= 0.3 is 0 Å². The van der Waals surface area contributed by atoms with Gasteiger partial charge in [-0.3, -0.25) is 19.7 Å². The Balaban J connectivity index is 1.91. The summed E-state index contributed by atoms with van der Waals surface area (Å²) >= 11 is 2.16. The van der Waals surface area contributed by atoms with Gasteiger partial charge in [-0.1, -0.05) is 6.07 Å². The lowest BCUT2D eigenvalue weighted by atomic mass is 10.0. The van der Waals surface area contributed by atoms with Crippen LogP contribution < -0.4 is 5.31 Å². The van der Waals surface area contributed by atoms with Crippen LogP contribution in [0, 0.1) is 3.57 Å². The van der Waals surface area contributed by atoms with E-state index in [1.807, 2.05) is 12.1 Å². The summed E-state index contributed by atoms with van der Waals surface area (Å²) in [5.74, 6) is -1.32. The SMILES string of the molecule is [2H]N1C(=O)CCC(N2Cc3c(I)cccc3C2=O)C1=O. The Labute approximate surface area is 124 Å². The molecule has 2 aliphatic rings. The fraction of sp³-hybridized carbons (Fsp3) is 0.308. The number of hydrogen-bond donors (Lipinski definition) is 1. The molecule has 0 saturated carbocycles. The summed E-state index contributed by atoms with van der Waals surface area (Å²) in [5.41, 5.74) is 1.53. The van der Waals surface area contributed by atoms with Gasteiger partial charge in [0, 0.05) is 22.1 Å². The summed E-state index contributed by atoms with van der Waals surface area (Å²) in [6, 6.07) is 4.77. The van der Waals surface area contributed by atoms with Crippen LogP contribution >= 0.6 is 22.6 Å². The Hall–Kier alpha value is -1.44. The van der Waals surface area contributed by atoms with Crippen LogP contribution in [-0.2, 0) is 16.1 Å². The van der Waals surface area contributed by atoms with Gasteiger partial charge in [0.2, 0.25) is 11.8 Å². The third-order valence-electron chi connectivity index (χ3n) is 3.47. The summed E-state index contributed by atoms with van der Waals surface area (Å²) < 4.78 is 8.43. The van der Waals surface area contributed by atoms with Gasteiger partial charge < -0.3 is 4.90 Å². The molecule has 3 rings (SSSR count). The van der Waals surface area contributed by atoms with Gasteiger partial charge in [0.05, 0.1) is 0 Å². The molecule has 0 bridgehead atoms. The third-order valence-corrected chi connectivity index (χ3v) is 4.48. The quantitative estimate of drug-likeness (QED) is 0.593. The van der Waals surface area contributed by atoms with E-state index < -0.39 is 17.9 Å². The molecule has 2 heterocycles.